The van der Waals surface area contributed by atoms with Gasteiger partial charge in [-0.05, 0) is 51.4 Å². The number of alkyl halides is 3. The van der Waals surface area contributed by atoms with Crippen molar-refractivity contribution in [1.82, 2.24) is 5.32 Å². The van der Waals surface area contributed by atoms with Crippen molar-refractivity contribution in [1.29, 1.82) is 0 Å². The van der Waals surface area contributed by atoms with Crippen LogP contribution in [0.2, 0.25) is 0 Å². The minimum Gasteiger partial charge on any atom is -0.399 e. The smallest absolute Gasteiger partial charge is 0.399 e. The molecule has 1 aliphatic rings. The van der Waals surface area contributed by atoms with E-state index in [1.807, 2.05) is 0 Å². The maximum absolute atomic E-state index is 13.3. The van der Waals surface area contributed by atoms with Crippen LogP contribution in [0.5, 0.6) is 0 Å². The molecule has 0 aromatic heterocycles. The number of carbonyl (C=O) groups excluding carboxylic acids is 1. The molecule has 1 fully saturated rings. The van der Waals surface area contributed by atoms with Crippen LogP contribution < -0.4 is 10.8 Å². The Kier molecular flexibility index (Phi) is 4.28. The monoisotopic (exact) mass is 329 g/mol. The topological polar surface area (TPSA) is 47.6 Å². The van der Waals surface area contributed by atoms with Gasteiger partial charge in [-0.2, -0.15) is 13.2 Å². The zero-order valence-corrected chi connectivity index (χ0v) is 13.7. The quantitative estimate of drug-likeness (QED) is 0.848. The number of rotatable bonds is 2. The van der Waals surface area contributed by atoms with Crippen LogP contribution in [0.15, 0.2) is 18.2 Å². The summed E-state index contributed by atoms with van der Waals surface area (Å²) in [7, 11) is 0.218. The third kappa shape index (κ3) is 3.23. The average molecular weight is 329 g/mol. The molecule has 1 aliphatic heterocycles. The third-order valence-electron chi connectivity index (χ3n) is 4.35. The molecule has 0 unspecified atom stereocenters. The first-order valence-corrected chi connectivity index (χ1v) is 7.18. The van der Waals surface area contributed by atoms with Crippen molar-refractivity contribution in [2.24, 2.45) is 0 Å². The Balaban J connectivity index is 2.53. The van der Waals surface area contributed by atoms with E-state index < -0.39 is 36.0 Å². The molecule has 2 rings (SSSR count). The molecular formula is C15H19BF3NO3. The molecule has 0 saturated carbocycles. The molecule has 0 spiro atoms. The second-order valence-electron chi connectivity index (χ2n) is 6.47. The molecular weight excluding hydrogens is 310 g/mol. The van der Waals surface area contributed by atoms with Gasteiger partial charge in [0.1, 0.15) is 0 Å². The molecule has 0 bridgehead atoms. The zero-order valence-electron chi connectivity index (χ0n) is 13.7. The van der Waals surface area contributed by atoms with Crippen molar-refractivity contribution in [3.63, 3.8) is 0 Å². The van der Waals surface area contributed by atoms with Gasteiger partial charge < -0.3 is 14.6 Å². The molecule has 1 heterocycles. The highest BCUT2D eigenvalue weighted by Crippen LogP contribution is 2.38. The molecule has 0 atom stereocenters. The van der Waals surface area contributed by atoms with Gasteiger partial charge in [-0.15, -0.1) is 0 Å². The predicted molar refractivity (Wildman–Crippen MR) is 80.6 cm³/mol. The van der Waals surface area contributed by atoms with E-state index in [2.05, 4.69) is 5.32 Å². The van der Waals surface area contributed by atoms with E-state index in [9.17, 15) is 18.0 Å². The van der Waals surface area contributed by atoms with E-state index >= 15 is 0 Å². The largest absolute Gasteiger partial charge is 0.495 e. The van der Waals surface area contributed by atoms with Crippen LogP contribution in [0.1, 0.15) is 43.6 Å². The van der Waals surface area contributed by atoms with Crippen LogP contribution in [-0.4, -0.2) is 31.3 Å². The number of nitrogens with one attached hydrogen (secondary N) is 1. The molecule has 1 N–H and O–H groups in total. The fourth-order valence-corrected chi connectivity index (χ4v) is 2.27. The van der Waals surface area contributed by atoms with Gasteiger partial charge in [-0.1, -0.05) is 0 Å². The van der Waals surface area contributed by atoms with Crippen LogP contribution in [-0.2, 0) is 15.5 Å². The molecule has 1 aromatic carbocycles. The first-order chi connectivity index (χ1) is 10.4. The summed E-state index contributed by atoms with van der Waals surface area (Å²) in [5.74, 6) is -0.475. The second kappa shape index (κ2) is 5.52. The fourth-order valence-electron chi connectivity index (χ4n) is 2.27. The summed E-state index contributed by atoms with van der Waals surface area (Å²) in [6.45, 7) is 7.01. The van der Waals surface area contributed by atoms with Crippen molar-refractivity contribution in [2.75, 3.05) is 7.05 Å². The number of halogens is 3. The summed E-state index contributed by atoms with van der Waals surface area (Å²) in [6.07, 6.45) is -4.57. The Morgan fingerprint density at radius 3 is 2.09 bits per heavy atom. The van der Waals surface area contributed by atoms with E-state index in [4.69, 9.17) is 9.31 Å². The van der Waals surface area contributed by atoms with Gasteiger partial charge in [0.25, 0.3) is 5.91 Å². The van der Waals surface area contributed by atoms with E-state index in [0.717, 1.165) is 12.1 Å². The number of benzene rings is 1. The highest BCUT2D eigenvalue weighted by molar-refractivity contribution is 6.62. The predicted octanol–water partition coefficient (Wildman–Crippen LogP) is 2.36. The van der Waals surface area contributed by atoms with E-state index in [1.165, 1.54) is 13.1 Å². The Labute approximate surface area is 133 Å². The number of hydrogen-bond acceptors (Lipinski definition) is 3. The summed E-state index contributed by atoms with van der Waals surface area (Å²) in [4.78, 5) is 11.7. The average Bonchev–Trinajstić information content (AvgIpc) is 2.65. The summed E-state index contributed by atoms with van der Waals surface area (Å²) in [5, 5.41) is 2.39. The van der Waals surface area contributed by atoms with Gasteiger partial charge in [-0.25, -0.2) is 0 Å². The van der Waals surface area contributed by atoms with Crippen LogP contribution in [0.4, 0.5) is 13.2 Å². The lowest BCUT2D eigenvalue weighted by Crippen LogP contribution is -2.41. The standard InChI is InChI=1S/C15H19BF3NO3/c1-13(2)14(3,4)23-16(22-13)11-8-9(12(21)20-5)6-7-10(11)15(17,18)19/h6-8H,1-5H3,(H,20,21). The molecule has 0 radical (unpaired) electrons. The maximum atomic E-state index is 13.3. The Bertz CT molecular complexity index is 613. The van der Waals surface area contributed by atoms with Crippen LogP contribution in [0.25, 0.3) is 0 Å². The van der Waals surface area contributed by atoms with Gasteiger partial charge in [0.2, 0.25) is 0 Å². The first-order valence-electron chi connectivity index (χ1n) is 7.18. The van der Waals surface area contributed by atoms with Crippen molar-refractivity contribution in [2.45, 2.75) is 45.1 Å². The Morgan fingerprint density at radius 1 is 1.13 bits per heavy atom. The molecule has 23 heavy (non-hydrogen) atoms. The zero-order chi connectivity index (χ0) is 17.6. The van der Waals surface area contributed by atoms with E-state index in [1.54, 1.807) is 27.7 Å². The van der Waals surface area contributed by atoms with Gasteiger partial charge in [0.15, 0.2) is 0 Å². The fraction of sp³-hybridized carbons (Fsp3) is 0.533. The van der Waals surface area contributed by atoms with Crippen molar-refractivity contribution in [3.8, 4) is 0 Å². The van der Waals surface area contributed by atoms with Crippen LogP contribution in [0, 0.1) is 0 Å². The number of hydrogen-bond donors (Lipinski definition) is 1. The SMILES string of the molecule is CNC(=O)c1ccc(C(F)(F)F)c(B2OC(C)(C)C(C)(C)O2)c1. The molecule has 1 amide bonds. The maximum Gasteiger partial charge on any atom is 0.495 e. The van der Waals surface area contributed by atoms with Gasteiger partial charge in [0, 0.05) is 12.6 Å². The Morgan fingerprint density at radius 2 is 1.65 bits per heavy atom. The van der Waals surface area contributed by atoms with Crippen molar-refractivity contribution < 1.29 is 27.3 Å². The van der Waals surface area contributed by atoms with Gasteiger partial charge >= 0.3 is 13.3 Å². The van der Waals surface area contributed by atoms with Crippen molar-refractivity contribution in [3.05, 3.63) is 29.3 Å². The molecule has 8 heteroatoms. The molecule has 1 aromatic rings. The summed E-state index contributed by atoms with van der Waals surface area (Å²) in [6, 6.07) is 3.19. The third-order valence-corrected chi connectivity index (χ3v) is 4.35. The summed E-state index contributed by atoms with van der Waals surface area (Å²) < 4.78 is 51.3. The molecule has 4 nitrogen and oxygen atoms in total. The van der Waals surface area contributed by atoms with Crippen LogP contribution >= 0.6 is 0 Å². The number of amides is 1. The minimum absolute atomic E-state index is 0.116. The molecule has 0 aliphatic carbocycles. The van der Waals surface area contributed by atoms with E-state index in [-0.39, 0.29) is 11.0 Å². The highest BCUT2D eigenvalue weighted by atomic mass is 19.4. The number of carbonyl (C=O) groups is 1. The molecule has 1 saturated heterocycles. The first kappa shape index (κ1) is 17.8. The molecule has 126 valence electrons. The minimum atomic E-state index is -4.57. The Hall–Kier alpha value is -1.54. The van der Waals surface area contributed by atoms with Crippen LogP contribution in [0.3, 0.4) is 0 Å². The van der Waals surface area contributed by atoms with Gasteiger partial charge in [-0.3, -0.25) is 4.79 Å². The lowest BCUT2D eigenvalue weighted by Gasteiger charge is -2.32. The van der Waals surface area contributed by atoms with Gasteiger partial charge in [0.05, 0.1) is 16.8 Å². The second-order valence-corrected chi connectivity index (χ2v) is 6.47. The lowest BCUT2D eigenvalue weighted by atomic mass is 9.75. The van der Waals surface area contributed by atoms with E-state index in [0.29, 0.717) is 0 Å². The highest BCUT2D eigenvalue weighted by Gasteiger charge is 2.53. The lowest BCUT2D eigenvalue weighted by molar-refractivity contribution is -0.136. The summed E-state index contributed by atoms with van der Waals surface area (Å²) >= 11 is 0. The van der Waals surface area contributed by atoms with Crippen molar-refractivity contribution >= 4 is 18.5 Å². The normalized spacial score (nSPS) is 19.7. The summed E-state index contributed by atoms with van der Waals surface area (Å²) in [5.41, 5.74) is -2.50.